The van der Waals surface area contributed by atoms with E-state index in [0.717, 1.165) is 38.8 Å². The van der Waals surface area contributed by atoms with Crippen molar-refractivity contribution in [2.45, 2.75) is 82.6 Å². The third-order valence-electron chi connectivity index (χ3n) is 7.19. The fraction of sp³-hybridized carbons (Fsp3) is 0.947. The summed E-state index contributed by atoms with van der Waals surface area (Å²) < 4.78 is 5.82. The van der Waals surface area contributed by atoms with Crippen LogP contribution < -0.4 is 5.32 Å². The molecule has 1 saturated carbocycles. The molecule has 3 heterocycles. The number of ether oxygens (including phenoxy) is 1. The summed E-state index contributed by atoms with van der Waals surface area (Å²) in [5.41, 5.74) is -0.0827. The SMILES string of the molecule is CCOC1CC(O)C12CCN(C(=O)CC1CC3CCC(C1)N3)CC2. The van der Waals surface area contributed by atoms with Gasteiger partial charge in [0.2, 0.25) is 5.91 Å². The van der Waals surface area contributed by atoms with Crippen LogP contribution in [0, 0.1) is 11.3 Å². The maximum absolute atomic E-state index is 12.7. The van der Waals surface area contributed by atoms with Crippen LogP contribution >= 0.6 is 0 Å². The van der Waals surface area contributed by atoms with Gasteiger partial charge in [-0.15, -0.1) is 0 Å². The number of hydrogen-bond acceptors (Lipinski definition) is 4. The maximum atomic E-state index is 12.7. The summed E-state index contributed by atoms with van der Waals surface area (Å²) in [6, 6.07) is 1.31. The van der Waals surface area contributed by atoms with Crippen molar-refractivity contribution in [2.75, 3.05) is 19.7 Å². The highest BCUT2D eigenvalue weighted by Gasteiger charge is 2.56. The number of aliphatic hydroxyl groups is 1. The van der Waals surface area contributed by atoms with E-state index in [4.69, 9.17) is 4.74 Å². The average molecular weight is 336 g/mol. The van der Waals surface area contributed by atoms with Crippen LogP contribution in [0.1, 0.15) is 58.3 Å². The third kappa shape index (κ3) is 2.89. The summed E-state index contributed by atoms with van der Waals surface area (Å²) in [6.45, 7) is 4.30. The van der Waals surface area contributed by atoms with E-state index in [-0.39, 0.29) is 17.6 Å². The van der Waals surface area contributed by atoms with Crippen molar-refractivity contribution >= 4 is 5.91 Å². The lowest BCUT2D eigenvalue weighted by Crippen LogP contribution is -2.62. The third-order valence-corrected chi connectivity index (χ3v) is 7.19. The average Bonchev–Trinajstić information content (AvgIpc) is 2.93. The second kappa shape index (κ2) is 6.58. The Morgan fingerprint density at radius 2 is 1.88 bits per heavy atom. The van der Waals surface area contributed by atoms with Gasteiger partial charge in [-0.1, -0.05) is 0 Å². The maximum Gasteiger partial charge on any atom is 0.222 e. The molecule has 5 heteroatoms. The number of carbonyl (C=O) groups is 1. The molecule has 2 N–H and O–H groups in total. The fourth-order valence-electron chi connectivity index (χ4n) is 5.71. The van der Waals surface area contributed by atoms with Crippen LogP contribution in [0.15, 0.2) is 0 Å². The standard InChI is InChI=1S/C19H32N2O3/c1-2-24-17-12-16(22)19(17)5-7-21(8-6-19)18(23)11-13-9-14-3-4-15(10-13)20-14/h13-17,20,22H,2-12H2,1H3. The second-order valence-electron chi connectivity index (χ2n) is 8.49. The Morgan fingerprint density at radius 1 is 1.21 bits per heavy atom. The van der Waals surface area contributed by atoms with Gasteiger partial charge in [0.25, 0.3) is 0 Å². The number of amides is 1. The number of likely N-dealkylation sites (tertiary alicyclic amines) is 1. The van der Waals surface area contributed by atoms with Crippen molar-refractivity contribution in [3.63, 3.8) is 0 Å². The number of carbonyl (C=O) groups excluding carboxylic acids is 1. The molecule has 0 aromatic heterocycles. The molecule has 4 fully saturated rings. The molecular weight excluding hydrogens is 304 g/mol. The second-order valence-corrected chi connectivity index (χ2v) is 8.49. The zero-order valence-corrected chi connectivity index (χ0v) is 14.9. The predicted molar refractivity (Wildman–Crippen MR) is 91.6 cm³/mol. The van der Waals surface area contributed by atoms with Gasteiger partial charge in [0.15, 0.2) is 0 Å². The number of fused-ring (bicyclic) bond motifs is 2. The van der Waals surface area contributed by atoms with Crippen LogP contribution in [-0.4, -0.2) is 59.9 Å². The molecule has 24 heavy (non-hydrogen) atoms. The van der Waals surface area contributed by atoms with Crippen molar-refractivity contribution < 1.29 is 14.6 Å². The molecule has 4 aliphatic rings. The van der Waals surface area contributed by atoms with Crippen LogP contribution in [0.25, 0.3) is 0 Å². The molecule has 5 nitrogen and oxygen atoms in total. The van der Waals surface area contributed by atoms with Gasteiger partial charge in [-0.3, -0.25) is 4.79 Å². The Morgan fingerprint density at radius 3 is 2.46 bits per heavy atom. The summed E-state index contributed by atoms with van der Waals surface area (Å²) >= 11 is 0. The Labute approximate surface area is 145 Å². The molecule has 1 amide bonds. The summed E-state index contributed by atoms with van der Waals surface area (Å²) in [7, 11) is 0. The first-order valence-corrected chi connectivity index (χ1v) is 9.94. The molecule has 4 unspecified atom stereocenters. The van der Waals surface area contributed by atoms with Gasteiger partial charge in [0, 0.05) is 50.0 Å². The summed E-state index contributed by atoms with van der Waals surface area (Å²) in [6.07, 6.45) is 8.14. The predicted octanol–water partition coefficient (Wildman–Crippen LogP) is 1.69. The first kappa shape index (κ1) is 16.8. The number of piperidine rings is 2. The number of rotatable bonds is 4. The summed E-state index contributed by atoms with van der Waals surface area (Å²) in [4.78, 5) is 14.8. The molecule has 1 aliphatic carbocycles. The monoisotopic (exact) mass is 336 g/mol. The smallest absolute Gasteiger partial charge is 0.222 e. The molecule has 4 atom stereocenters. The summed E-state index contributed by atoms with van der Waals surface area (Å²) in [5.74, 6) is 0.899. The minimum atomic E-state index is -0.244. The Kier molecular flexibility index (Phi) is 4.61. The quantitative estimate of drug-likeness (QED) is 0.820. The molecule has 0 aromatic rings. The van der Waals surface area contributed by atoms with Crippen molar-refractivity contribution in [1.82, 2.24) is 10.2 Å². The van der Waals surface area contributed by atoms with Crippen molar-refractivity contribution in [2.24, 2.45) is 11.3 Å². The molecule has 0 radical (unpaired) electrons. The minimum Gasteiger partial charge on any atom is -0.392 e. The van der Waals surface area contributed by atoms with E-state index in [1.54, 1.807) is 0 Å². The zero-order valence-electron chi connectivity index (χ0n) is 14.9. The van der Waals surface area contributed by atoms with Crippen molar-refractivity contribution in [1.29, 1.82) is 0 Å². The lowest BCUT2D eigenvalue weighted by molar-refractivity contribution is -0.210. The molecular formula is C19H32N2O3. The minimum absolute atomic E-state index is 0.0827. The molecule has 136 valence electrons. The van der Waals surface area contributed by atoms with Gasteiger partial charge < -0.3 is 20.1 Å². The lowest BCUT2D eigenvalue weighted by atomic mass is 9.58. The Hall–Kier alpha value is -0.650. The highest BCUT2D eigenvalue weighted by atomic mass is 16.5. The topological polar surface area (TPSA) is 61.8 Å². The molecule has 3 saturated heterocycles. The molecule has 4 rings (SSSR count). The highest BCUT2D eigenvalue weighted by Crippen LogP contribution is 2.51. The van der Waals surface area contributed by atoms with E-state index in [9.17, 15) is 9.90 Å². The fourth-order valence-corrected chi connectivity index (χ4v) is 5.71. The van der Waals surface area contributed by atoms with E-state index < -0.39 is 0 Å². The Balaban J connectivity index is 1.29. The van der Waals surface area contributed by atoms with E-state index >= 15 is 0 Å². The first-order valence-electron chi connectivity index (χ1n) is 9.94. The molecule has 2 bridgehead atoms. The van der Waals surface area contributed by atoms with Gasteiger partial charge in [-0.2, -0.15) is 0 Å². The van der Waals surface area contributed by atoms with Crippen LogP contribution in [0.2, 0.25) is 0 Å². The van der Waals surface area contributed by atoms with Crippen LogP contribution in [-0.2, 0) is 9.53 Å². The van der Waals surface area contributed by atoms with Gasteiger partial charge in [0.05, 0.1) is 12.2 Å². The number of nitrogens with zero attached hydrogens (tertiary/aromatic N) is 1. The first-order chi connectivity index (χ1) is 11.6. The van der Waals surface area contributed by atoms with Gasteiger partial charge in [-0.05, 0) is 51.4 Å². The summed E-state index contributed by atoms with van der Waals surface area (Å²) in [5, 5.41) is 13.9. The normalized spacial score (nSPS) is 40.6. The van der Waals surface area contributed by atoms with E-state index in [2.05, 4.69) is 5.32 Å². The lowest BCUT2D eigenvalue weighted by Gasteiger charge is -2.56. The van der Waals surface area contributed by atoms with Crippen LogP contribution in [0.5, 0.6) is 0 Å². The molecule has 0 aromatic carbocycles. The molecule has 3 aliphatic heterocycles. The highest BCUT2D eigenvalue weighted by molar-refractivity contribution is 5.76. The van der Waals surface area contributed by atoms with Gasteiger partial charge in [0.1, 0.15) is 0 Å². The van der Waals surface area contributed by atoms with Crippen LogP contribution in [0.4, 0.5) is 0 Å². The van der Waals surface area contributed by atoms with E-state index in [1.165, 1.54) is 25.7 Å². The Bertz CT molecular complexity index is 461. The number of hydrogen-bond donors (Lipinski definition) is 2. The van der Waals surface area contributed by atoms with E-state index in [1.807, 2.05) is 11.8 Å². The zero-order chi connectivity index (χ0) is 16.7. The van der Waals surface area contributed by atoms with Crippen molar-refractivity contribution in [3.8, 4) is 0 Å². The van der Waals surface area contributed by atoms with Crippen molar-refractivity contribution in [3.05, 3.63) is 0 Å². The van der Waals surface area contributed by atoms with E-state index in [0.29, 0.717) is 30.5 Å². The number of nitrogens with one attached hydrogen (secondary N) is 1. The number of aliphatic hydroxyl groups excluding tert-OH is 1. The van der Waals surface area contributed by atoms with Crippen LogP contribution in [0.3, 0.4) is 0 Å². The molecule has 1 spiro atoms. The van der Waals surface area contributed by atoms with Gasteiger partial charge in [-0.25, -0.2) is 0 Å². The largest absolute Gasteiger partial charge is 0.392 e. The van der Waals surface area contributed by atoms with Gasteiger partial charge >= 0.3 is 0 Å².